The van der Waals surface area contributed by atoms with Gasteiger partial charge >= 0.3 is 0 Å². The smallest absolute Gasteiger partial charge is 0.224 e. The van der Waals surface area contributed by atoms with Crippen molar-refractivity contribution in [1.29, 1.82) is 0 Å². The van der Waals surface area contributed by atoms with Crippen LogP contribution in [0.25, 0.3) is 0 Å². The van der Waals surface area contributed by atoms with E-state index in [-0.39, 0.29) is 18.6 Å². The molecule has 2 saturated carbocycles. The van der Waals surface area contributed by atoms with Gasteiger partial charge in [0.15, 0.2) is 0 Å². The third kappa shape index (κ3) is 5.56. The number of anilines is 2. The van der Waals surface area contributed by atoms with Crippen LogP contribution >= 0.6 is 11.8 Å². The topological polar surface area (TPSA) is 103 Å². The normalized spacial score (nSPS) is 23.7. The van der Waals surface area contributed by atoms with E-state index in [1.807, 2.05) is 43.5 Å². The summed E-state index contributed by atoms with van der Waals surface area (Å²) in [5.41, 5.74) is 2.56. The van der Waals surface area contributed by atoms with Crippen molar-refractivity contribution < 1.29 is 10.2 Å². The predicted molar refractivity (Wildman–Crippen MR) is 127 cm³/mol. The number of rotatable bonds is 8. The number of aromatic nitrogens is 2. The van der Waals surface area contributed by atoms with E-state index in [1.165, 1.54) is 12.8 Å². The summed E-state index contributed by atoms with van der Waals surface area (Å²) in [5.74, 6) is 2.09. The molecule has 8 heteroatoms. The lowest BCUT2D eigenvalue weighted by atomic mass is 10.1. The number of nitrogens with zero attached hydrogens (tertiary/aromatic N) is 3. The number of aliphatic hydroxyl groups excluding tert-OH is 2. The summed E-state index contributed by atoms with van der Waals surface area (Å²) in [6.07, 6.45) is 5.28. The fraction of sp³-hybridized carbons (Fsp3) is 0.522. The van der Waals surface area contributed by atoms with Crippen LogP contribution in [0.2, 0.25) is 0 Å². The quantitative estimate of drug-likeness (QED) is 0.367. The molecule has 0 radical (unpaired) electrons. The molecule has 0 bridgehead atoms. The summed E-state index contributed by atoms with van der Waals surface area (Å²) >= 11 is 1.55. The number of hydrogen-bond donors (Lipinski definition) is 4. The van der Waals surface area contributed by atoms with Crippen molar-refractivity contribution in [3.8, 4) is 0 Å². The lowest BCUT2D eigenvalue weighted by Gasteiger charge is -2.21. The highest BCUT2D eigenvalue weighted by Crippen LogP contribution is 2.32. The van der Waals surface area contributed by atoms with Crippen LogP contribution in [-0.2, 0) is 0 Å². The second kappa shape index (κ2) is 9.97. The van der Waals surface area contributed by atoms with E-state index >= 15 is 0 Å². The third-order valence-electron chi connectivity index (χ3n) is 5.94. The summed E-state index contributed by atoms with van der Waals surface area (Å²) in [6.45, 7) is 2.94. The SMILES string of the molecule is CSC(=Nc1ccccc1)c1c(C)nc(NCC2CC2)nc1NC1CC(CO)CC1O. The fourth-order valence-electron chi connectivity index (χ4n) is 3.99. The molecule has 2 aliphatic carbocycles. The van der Waals surface area contributed by atoms with Gasteiger partial charge in [-0.1, -0.05) is 18.2 Å². The van der Waals surface area contributed by atoms with Gasteiger partial charge in [0.05, 0.1) is 29.1 Å². The summed E-state index contributed by atoms with van der Waals surface area (Å²) in [5, 5.41) is 27.7. The zero-order valence-corrected chi connectivity index (χ0v) is 18.9. The number of aliphatic hydroxyl groups is 2. The van der Waals surface area contributed by atoms with Gasteiger partial charge in [0.25, 0.3) is 0 Å². The molecule has 1 aromatic heterocycles. The molecule has 166 valence electrons. The molecule has 0 spiro atoms. The van der Waals surface area contributed by atoms with Crippen molar-refractivity contribution in [3.05, 3.63) is 41.6 Å². The predicted octanol–water partition coefficient (Wildman–Crippen LogP) is 3.59. The molecule has 4 rings (SSSR count). The Morgan fingerprint density at radius 2 is 1.94 bits per heavy atom. The fourth-order valence-corrected chi connectivity index (χ4v) is 4.64. The number of para-hydroxylation sites is 1. The van der Waals surface area contributed by atoms with Gasteiger partial charge in [0, 0.05) is 13.2 Å². The summed E-state index contributed by atoms with van der Waals surface area (Å²) in [6, 6.07) is 9.68. The van der Waals surface area contributed by atoms with Crippen molar-refractivity contribution in [2.75, 3.05) is 30.0 Å². The van der Waals surface area contributed by atoms with Crippen molar-refractivity contribution in [1.82, 2.24) is 9.97 Å². The molecule has 0 aliphatic heterocycles. The van der Waals surface area contributed by atoms with Crippen LogP contribution < -0.4 is 10.6 Å². The maximum absolute atomic E-state index is 10.5. The molecule has 31 heavy (non-hydrogen) atoms. The van der Waals surface area contributed by atoms with E-state index in [4.69, 9.17) is 15.0 Å². The minimum atomic E-state index is -0.521. The van der Waals surface area contributed by atoms with Crippen molar-refractivity contribution in [2.24, 2.45) is 16.8 Å². The number of benzene rings is 1. The van der Waals surface area contributed by atoms with Crippen LogP contribution in [0.1, 0.15) is 36.9 Å². The van der Waals surface area contributed by atoms with E-state index < -0.39 is 6.10 Å². The first-order valence-corrected chi connectivity index (χ1v) is 12.2. The molecule has 7 nitrogen and oxygen atoms in total. The zero-order valence-electron chi connectivity index (χ0n) is 18.1. The maximum Gasteiger partial charge on any atom is 0.224 e. The number of aryl methyl sites for hydroxylation is 1. The van der Waals surface area contributed by atoms with Crippen LogP contribution in [0.4, 0.5) is 17.5 Å². The Morgan fingerprint density at radius 1 is 1.16 bits per heavy atom. The summed E-state index contributed by atoms with van der Waals surface area (Å²) < 4.78 is 0. The number of hydrogen-bond acceptors (Lipinski definition) is 8. The average molecular weight is 442 g/mol. The van der Waals surface area contributed by atoms with Crippen molar-refractivity contribution >= 4 is 34.3 Å². The molecule has 4 N–H and O–H groups in total. The van der Waals surface area contributed by atoms with E-state index in [1.54, 1.807) is 11.8 Å². The first kappa shape index (κ1) is 22.0. The molecule has 3 unspecified atom stereocenters. The van der Waals surface area contributed by atoms with Gasteiger partial charge in [0.2, 0.25) is 5.95 Å². The average Bonchev–Trinajstić information content (AvgIpc) is 3.54. The Bertz CT molecular complexity index is 920. The molecule has 1 aromatic carbocycles. The van der Waals surface area contributed by atoms with Crippen LogP contribution in [0.5, 0.6) is 0 Å². The molecule has 0 saturated heterocycles. The van der Waals surface area contributed by atoms with Crippen LogP contribution in [0.3, 0.4) is 0 Å². The Balaban J connectivity index is 1.68. The Labute approximate surface area is 187 Å². The molecule has 2 aromatic rings. The van der Waals surface area contributed by atoms with Crippen molar-refractivity contribution in [2.45, 2.75) is 44.8 Å². The van der Waals surface area contributed by atoms with Gasteiger partial charge in [-0.2, -0.15) is 4.98 Å². The van der Waals surface area contributed by atoms with Crippen molar-refractivity contribution in [3.63, 3.8) is 0 Å². The number of thioether (sulfide) groups is 1. The molecular formula is C23H31N5O2S. The van der Waals surface area contributed by atoms with Gasteiger partial charge < -0.3 is 20.8 Å². The Morgan fingerprint density at radius 3 is 2.58 bits per heavy atom. The highest BCUT2D eigenvalue weighted by molar-refractivity contribution is 8.13. The van der Waals surface area contributed by atoms with Gasteiger partial charge in [-0.15, -0.1) is 11.8 Å². The molecule has 2 aliphatic rings. The number of aliphatic imine (C=N–C) groups is 1. The molecule has 1 heterocycles. The van der Waals surface area contributed by atoms with E-state index in [9.17, 15) is 10.2 Å². The van der Waals surface area contributed by atoms with Crippen LogP contribution in [-0.4, -0.2) is 56.8 Å². The van der Waals surface area contributed by atoms with Gasteiger partial charge in [-0.25, -0.2) is 9.98 Å². The highest BCUT2D eigenvalue weighted by atomic mass is 32.2. The van der Waals surface area contributed by atoms with Gasteiger partial charge in [0.1, 0.15) is 10.9 Å². The number of nitrogens with one attached hydrogen (secondary N) is 2. The second-order valence-electron chi connectivity index (χ2n) is 8.48. The second-order valence-corrected chi connectivity index (χ2v) is 9.27. The minimum absolute atomic E-state index is 0.0879. The first-order chi connectivity index (χ1) is 15.1. The van der Waals surface area contributed by atoms with E-state index in [2.05, 4.69) is 10.6 Å². The van der Waals surface area contributed by atoms with Gasteiger partial charge in [-0.05, 0) is 62.8 Å². The van der Waals surface area contributed by atoms with Crippen LogP contribution in [0, 0.1) is 18.8 Å². The summed E-state index contributed by atoms with van der Waals surface area (Å²) in [7, 11) is 0. The Hall–Kier alpha value is -2.16. The lowest BCUT2D eigenvalue weighted by Crippen LogP contribution is -2.30. The summed E-state index contributed by atoms with van der Waals surface area (Å²) in [4.78, 5) is 14.3. The standard InChI is InChI=1S/C23H31N5O2S/c1-14-20(22(31-2)26-17-6-4-3-5-7-17)21(27-18-10-16(13-29)11-19(18)30)28-23(25-14)24-12-15-8-9-15/h3-7,15-16,18-19,29-30H,8-13H2,1-2H3,(H2,24,25,27,28). The Kier molecular flexibility index (Phi) is 7.09. The molecule has 0 amide bonds. The largest absolute Gasteiger partial charge is 0.396 e. The highest BCUT2D eigenvalue weighted by Gasteiger charge is 2.34. The lowest BCUT2D eigenvalue weighted by molar-refractivity contribution is 0.157. The monoisotopic (exact) mass is 441 g/mol. The third-order valence-corrected chi connectivity index (χ3v) is 6.62. The van der Waals surface area contributed by atoms with E-state index in [0.29, 0.717) is 30.5 Å². The van der Waals surface area contributed by atoms with E-state index in [0.717, 1.165) is 28.5 Å². The molecule has 2 fully saturated rings. The molecule has 3 atom stereocenters. The molecular weight excluding hydrogens is 410 g/mol. The maximum atomic E-state index is 10.5. The zero-order chi connectivity index (χ0) is 21.8. The first-order valence-electron chi connectivity index (χ1n) is 10.9. The minimum Gasteiger partial charge on any atom is -0.396 e. The van der Waals surface area contributed by atoms with Gasteiger partial charge in [-0.3, -0.25) is 0 Å². The van der Waals surface area contributed by atoms with Crippen LogP contribution in [0.15, 0.2) is 35.3 Å².